The molecule has 0 radical (unpaired) electrons. The zero-order valence-corrected chi connectivity index (χ0v) is 11.3. The normalized spacial score (nSPS) is 25.2. The van der Waals surface area contributed by atoms with Crippen LogP contribution in [-0.2, 0) is 15.1 Å². The van der Waals surface area contributed by atoms with E-state index in [0.717, 1.165) is 4.90 Å². The van der Waals surface area contributed by atoms with E-state index < -0.39 is 11.4 Å². The number of hydrogen-bond acceptors (Lipinski definition) is 4. The van der Waals surface area contributed by atoms with Gasteiger partial charge in [0.2, 0.25) is 5.91 Å². The first-order chi connectivity index (χ1) is 9.00. The lowest BCUT2D eigenvalue weighted by Gasteiger charge is -2.28. The minimum Gasteiger partial charge on any atom is -0.323 e. The lowest BCUT2D eigenvalue weighted by molar-refractivity contribution is -0.128. The van der Waals surface area contributed by atoms with E-state index in [2.05, 4.69) is 5.32 Å². The van der Waals surface area contributed by atoms with Crippen molar-refractivity contribution in [2.75, 3.05) is 13.3 Å². The predicted molar refractivity (Wildman–Crippen MR) is 69.8 cm³/mol. The van der Waals surface area contributed by atoms with Crippen LogP contribution >= 0.6 is 11.8 Å². The molecule has 1 atom stereocenters. The molecule has 6 heteroatoms. The Hall–Kier alpha value is -1.82. The molecule has 1 aromatic carbocycles. The Morgan fingerprint density at radius 1 is 1.32 bits per heavy atom. The first-order valence-electron chi connectivity index (χ1n) is 5.81. The van der Waals surface area contributed by atoms with E-state index in [1.54, 1.807) is 19.2 Å². The first-order valence-corrected chi connectivity index (χ1v) is 7.04. The van der Waals surface area contributed by atoms with Gasteiger partial charge in [-0.1, -0.05) is 6.07 Å². The number of carbonyl (C=O) groups excluding carboxylic acids is 3. The van der Waals surface area contributed by atoms with Gasteiger partial charge in [0.25, 0.3) is 11.8 Å². The van der Waals surface area contributed by atoms with Gasteiger partial charge in [0.05, 0.1) is 6.42 Å². The van der Waals surface area contributed by atoms with Crippen LogP contribution in [0.3, 0.4) is 0 Å². The van der Waals surface area contributed by atoms with Gasteiger partial charge < -0.3 is 4.90 Å². The summed E-state index contributed by atoms with van der Waals surface area (Å²) in [5.41, 5.74) is -0.0131. The molecule has 19 heavy (non-hydrogen) atoms. The van der Waals surface area contributed by atoms with Gasteiger partial charge in [-0.25, -0.2) is 0 Å². The molecular formula is C13H12N2O3S. The van der Waals surface area contributed by atoms with Crippen LogP contribution in [0.15, 0.2) is 23.1 Å². The third-order valence-electron chi connectivity index (χ3n) is 3.82. The highest BCUT2D eigenvalue weighted by Gasteiger charge is 2.58. The maximum Gasteiger partial charge on any atom is 0.257 e. The second-order valence-electron chi connectivity index (χ2n) is 4.69. The van der Waals surface area contributed by atoms with Gasteiger partial charge in [-0.15, -0.1) is 11.8 Å². The quantitative estimate of drug-likeness (QED) is 0.607. The van der Waals surface area contributed by atoms with Gasteiger partial charge in [-0.2, -0.15) is 0 Å². The van der Waals surface area contributed by atoms with Crippen molar-refractivity contribution in [2.45, 2.75) is 16.9 Å². The number of carbonyl (C=O) groups is 3. The Bertz CT molecular complexity index is 628. The van der Waals surface area contributed by atoms with E-state index in [9.17, 15) is 14.4 Å². The topological polar surface area (TPSA) is 66.5 Å². The fourth-order valence-corrected chi connectivity index (χ4v) is 3.24. The molecular weight excluding hydrogens is 264 g/mol. The maximum atomic E-state index is 12.3. The number of likely N-dealkylation sites (N-methyl/N-ethyl adjacent to an activating group) is 1. The Kier molecular flexibility index (Phi) is 2.47. The van der Waals surface area contributed by atoms with Gasteiger partial charge in [0.1, 0.15) is 0 Å². The molecule has 3 rings (SSSR count). The molecule has 5 nitrogen and oxygen atoms in total. The van der Waals surface area contributed by atoms with Crippen LogP contribution in [0.1, 0.15) is 22.3 Å². The summed E-state index contributed by atoms with van der Waals surface area (Å²) in [7, 11) is 1.57. The Labute approximate surface area is 114 Å². The number of hydrogen-bond donors (Lipinski definition) is 1. The van der Waals surface area contributed by atoms with Gasteiger partial charge in [-0.3, -0.25) is 19.7 Å². The minimum atomic E-state index is -1.15. The molecule has 1 unspecified atom stereocenters. The standard InChI is InChI=1S/C13H12N2O3S/c1-15-11(17)8-5-7(19-2)3-4-9(8)13(15)6-10(16)14-12(13)18/h3-5H,6H2,1-2H3,(H,14,16,18). The molecule has 2 aliphatic rings. The molecule has 1 fully saturated rings. The van der Waals surface area contributed by atoms with Crippen LogP contribution in [0, 0.1) is 0 Å². The number of fused-ring (bicyclic) bond motifs is 2. The van der Waals surface area contributed by atoms with Gasteiger partial charge in [-0.05, 0) is 18.4 Å². The van der Waals surface area contributed by atoms with Crippen molar-refractivity contribution in [3.05, 3.63) is 29.3 Å². The summed E-state index contributed by atoms with van der Waals surface area (Å²) in [4.78, 5) is 38.3. The molecule has 1 N–H and O–H groups in total. The molecule has 1 saturated heterocycles. The molecule has 2 heterocycles. The van der Waals surface area contributed by atoms with Crippen molar-refractivity contribution in [3.63, 3.8) is 0 Å². The average molecular weight is 276 g/mol. The second kappa shape index (κ2) is 3.84. The van der Waals surface area contributed by atoms with E-state index in [4.69, 9.17) is 0 Å². The maximum absolute atomic E-state index is 12.3. The van der Waals surface area contributed by atoms with E-state index in [-0.39, 0.29) is 18.2 Å². The number of thioether (sulfide) groups is 1. The van der Waals surface area contributed by atoms with Crippen LogP contribution in [0.2, 0.25) is 0 Å². The third kappa shape index (κ3) is 1.40. The average Bonchev–Trinajstić information content (AvgIpc) is 2.81. The fraction of sp³-hybridized carbons (Fsp3) is 0.308. The molecule has 1 aromatic rings. The van der Waals surface area contributed by atoms with Gasteiger partial charge in [0, 0.05) is 23.1 Å². The fourth-order valence-electron chi connectivity index (χ4n) is 2.80. The summed E-state index contributed by atoms with van der Waals surface area (Å²) in [6, 6.07) is 5.43. The number of imide groups is 1. The lowest BCUT2D eigenvalue weighted by Crippen LogP contribution is -2.46. The first kappa shape index (κ1) is 12.2. The summed E-state index contributed by atoms with van der Waals surface area (Å²) in [6.45, 7) is 0. The molecule has 1 spiro atoms. The summed E-state index contributed by atoms with van der Waals surface area (Å²) in [5.74, 6) is -0.966. The number of nitrogens with zero attached hydrogens (tertiary/aromatic N) is 1. The van der Waals surface area contributed by atoms with Gasteiger partial charge >= 0.3 is 0 Å². The monoisotopic (exact) mass is 276 g/mol. The zero-order chi connectivity index (χ0) is 13.8. The largest absolute Gasteiger partial charge is 0.323 e. The molecule has 0 aliphatic carbocycles. The summed E-state index contributed by atoms with van der Waals surface area (Å²) in [5, 5.41) is 2.29. The van der Waals surface area contributed by atoms with Crippen LogP contribution in [0.4, 0.5) is 0 Å². The SMILES string of the molecule is CSc1ccc2c(c1)C(=O)N(C)C21CC(=O)NC1=O. The van der Waals surface area contributed by atoms with Gasteiger partial charge in [0.15, 0.2) is 5.54 Å². The Morgan fingerprint density at radius 3 is 2.63 bits per heavy atom. The Balaban J connectivity index is 2.24. The Morgan fingerprint density at radius 2 is 2.05 bits per heavy atom. The summed E-state index contributed by atoms with van der Waals surface area (Å²) >= 11 is 1.53. The van der Waals surface area contributed by atoms with E-state index in [0.29, 0.717) is 11.1 Å². The van der Waals surface area contributed by atoms with E-state index >= 15 is 0 Å². The number of rotatable bonds is 1. The summed E-state index contributed by atoms with van der Waals surface area (Å²) < 4.78 is 0. The zero-order valence-electron chi connectivity index (χ0n) is 10.5. The van der Waals surface area contributed by atoms with Crippen LogP contribution in [0.5, 0.6) is 0 Å². The molecule has 0 aromatic heterocycles. The molecule has 0 bridgehead atoms. The van der Waals surface area contributed by atoms with Crippen LogP contribution in [0.25, 0.3) is 0 Å². The van der Waals surface area contributed by atoms with E-state index in [1.165, 1.54) is 16.7 Å². The van der Waals surface area contributed by atoms with Crippen molar-refractivity contribution in [3.8, 4) is 0 Å². The third-order valence-corrected chi connectivity index (χ3v) is 4.55. The second-order valence-corrected chi connectivity index (χ2v) is 5.57. The smallest absolute Gasteiger partial charge is 0.257 e. The number of amides is 3. The van der Waals surface area contributed by atoms with Crippen molar-refractivity contribution < 1.29 is 14.4 Å². The predicted octanol–water partition coefficient (Wildman–Crippen LogP) is 0.736. The number of benzene rings is 1. The van der Waals surface area contributed by atoms with E-state index in [1.807, 2.05) is 12.3 Å². The highest BCUT2D eigenvalue weighted by Crippen LogP contribution is 2.44. The minimum absolute atomic E-state index is 0.000310. The van der Waals surface area contributed by atoms with Crippen LogP contribution in [-0.4, -0.2) is 35.9 Å². The lowest BCUT2D eigenvalue weighted by atomic mass is 9.88. The summed E-state index contributed by atoms with van der Waals surface area (Å²) in [6.07, 6.45) is 1.92. The highest BCUT2D eigenvalue weighted by atomic mass is 32.2. The van der Waals surface area contributed by atoms with Crippen molar-refractivity contribution in [2.24, 2.45) is 0 Å². The van der Waals surface area contributed by atoms with Crippen LogP contribution < -0.4 is 5.32 Å². The number of nitrogens with one attached hydrogen (secondary N) is 1. The molecule has 98 valence electrons. The molecule has 3 amide bonds. The highest BCUT2D eigenvalue weighted by molar-refractivity contribution is 7.98. The molecule has 2 aliphatic heterocycles. The van der Waals surface area contributed by atoms with Crippen molar-refractivity contribution in [1.82, 2.24) is 10.2 Å². The molecule has 0 saturated carbocycles. The van der Waals surface area contributed by atoms with Crippen molar-refractivity contribution in [1.29, 1.82) is 0 Å². The van der Waals surface area contributed by atoms with Crippen molar-refractivity contribution >= 4 is 29.5 Å².